The summed E-state index contributed by atoms with van der Waals surface area (Å²) in [6.07, 6.45) is 2.06. The first-order chi connectivity index (χ1) is 13.2. The Labute approximate surface area is 159 Å². The van der Waals surface area contributed by atoms with Crippen LogP contribution in [-0.4, -0.2) is 17.4 Å². The molecule has 0 radical (unpaired) electrons. The molecule has 136 valence electrons. The molecule has 27 heavy (non-hydrogen) atoms. The van der Waals surface area contributed by atoms with Crippen molar-refractivity contribution in [1.82, 2.24) is 4.90 Å². The van der Waals surface area contributed by atoms with E-state index in [-0.39, 0.29) is 17.8 Å². The van der Waals surface area contributed by atoms with E-state index in [0.29, 0.717) is 13.0 Å². The first kappa shape index (κ1) is 17.5. The van der Waals surface area contributed by atoms with Gasteiger partial charge < -0.3 is 4.90 Å². The molecule has 3 aromatic carbocycles. The highest BCUT2D eigenvalue weighted by Crippen LogP contribution is 2.35. The third-order valence-corrected chi connectivity index (χ3v) is 5.26. The number of amides is 1. The van der Waals surface area contributed by atoms with Crippen LogP contribution in [0.15, 0.2) is 78.9 Å². The van der Waals surface area contributed by atoms with Crippen LogP contribution in [0.25, 0.3) is 0 Å². The average molecular weight is 359 g/mol. The monoisotopic (exact) mass is 359 g/mol. The van der Waals surface area contributed by atoms with Crippen molar-refractivity contribution >= 4 is 5.91 Å². The molecule has 0 bridgehead atoms. The average Bonchev–Trinajstić information content (AvgIpc) is 2.72. The molecule has 0 saturated heterocycles. The minimum absolute atomic E-state index is 0.141. The van der Waals surface area contributed by atoms with Crippen LogP contribution in [0.5, 0.6) is 0 Å². The van der Waals surface area contributed by atoms with Crippen molar-refractivity contribution in [1.29, 1.82) is 0 Å². The van der Waals surface area contributed by atoms with Gasteiger partial charge >= 0.3 is 0 Å². The Morgan fingerprint density at radius 3 is 2.41 bits per heavy atom. The predicted molar refractivity (Wildman–Crippen MR) is 105 cm³/mol. The SMILES string of the molecule is O=C(CCc1ccccc1)N1CCc2ccccc2[C@H]1c1ccc(F)cc1. The van der Waals surface area contributed by atoms with Crippen molar-refractivity contribution in [2.24, 2.45) is 0 Å². The zero-order chi connectivity index (χ0) is 18.6. The molecule has 4 rings (SSSR count). The fraction of sp³-hybridized carbons (Fsp3) is 0.208. The van der Waals surface area contributed by atoms with Crippen molar-refractivity contribution < 1.29 is 9.18 Å². The summed E-state index contributed by atoms with van der Waals surface area (Å²) < 4.78 is 13.4. The van der Waals surface area contributed by atoms with E-state index in [0.717, 1.165) is 24.0 Å². The lowest BCUT2D eigenvalue weighted by molar-refractivity contribution is -0.133. The number of fused-ring (bicyclic) bond motifs is 1. The number of hydrogen-bond acceptors (Lipinski definition) is 1. The third-order valence-electron chi connectivity index (χ3n) is 5.26. The molecule has 3 aromatic rings. The largest absolute Gasteiger partial charge is 0.331 e. The van der Waals surface area contributed by atoms with Crippen molar-refractivity contribution in [3.8, 4) is 0 Å². The van der Waals surface area contributed by atoms with Gasteiger partial charge in [-0.15, -0.1) is 0 Å². The number of nitrogens with zero attached hydrogens (tertiary/aromatic N) is 1. The second-order valence-corrected chi connectivity index (χ2v) is 6.98. The Hall–Kier alpha value is -2.94. The summed E-state index contributed by atoms with van der Waals surface area (Å²) >= 11 is 0. The van der Waals surface area contributed by atoms with Gasteiger partial charge in [0.2, 0.25) is 5.91 Å². The highest BCUT2D eigenvalue weighted by molar-refractivity contribution is 5.78. The predicted octanol–water partition coefficient (Wildman–Crippen LogP) is 4.93. The number of hydrogen-bond donors (Lipinski definition) is 0. The van der Waals surface area contributed by atoms with E-state index in [2.05, 4.69) is 24.3 Å². The van der Waals surface area contributed by atoms with Crippen molar-refractivity contribution in [2.45, 2.75) is 25.3 Å². The Morgan fingerprint density at radius 2 is 1.63 bits per heavy atom. The van der Waals surface area contributed by atoms with Gasteiger partial charge in [-0.05, 0) is 47.2 Å². The topological polar surface area (TPSA) is 20.3 Å². The number of halogens is 1. The van der Waals surface area contributed by atoms with Gasteiger partial charge in [0.25, 0.3) is 0 Å². The van der Waals surface area contributed by atoms with Gasteiger partial charge in [0.15, 0.2) is 0 Å². The van der Waals surface area contributed by atoms with E-state index in [9.17, 15) is 9.18 Å². The van der Waals surface area contributed by atoms with Crippen LogP contribution in [0, 0.1) is 5.82 Å². The summed E-state index contributed by atoms with van der Waals surface area (Å²) in [6.45, 7) is 0.687. The van der Waals surface area contributed by atoms with Crippen LogP contribution >= 0.6 is 0 Å². The van der Waals surface area contributed by atoms with Crippen LogP contribution in [0.2, 0.25) is 0 Å². The minimum Gasteiger partial charge on any atom is -0.331 e. The third kappa shape index (κ3) is 3.77. The summed E-state index contributed by atoms with van der Waals surface area (Å²) in [5.41, 5.74) is 4.53. The van der Waals surface area contributed by atoms with Crippen molar-refractivity contribution in [2.75, 3.05) is 6.54 Å². The highest BCUT2D eigenvalue weighted by atomic mass is 19.1. The number of carbonyl (C=O) groups excluding carboxylic acids is 1. The maximum absolute atomic E-state index is 13.4. The van der Waals surface area contributed by atoms with Crippen molar-refractivity contribution in [3.63, 3.8) is 0 Å². The van der Waals surface area contributed by atoms with Gasteiger partial charge in [0.05, 0.1) is 6.04 Å². The van der Waals surface area contributed by atoms with Gasteiger partial charge in [-0.2, -0.15) is 0 Å². The second kappa shape index (κ2) is 7.75. The van der Waals surface area contributed by atoms with E-state index in [1.54, 1.807) is 12.1 Å². The fourth-order valence-corrected chi connectivity index (χ4v) is 3.88. The summed E-state index contributed by atoms with van der Waals surface area (Å²) in [4.78, 5) is 15.0. The smallest absolute Gasteiger partial charge is 0.223 e. The van der Waals surface area contributed by atoms with Crippen molar-refractivity contribution in [3.05, 3.63) is 107 Å². The maximum Gasteiger partial charge on any atom is 0.223 e. The Balaban J connectivity index is 1.62. The Bertz CT molecular complexity index is 921. The molecule has 0 aromatic heterocycles. The molecule has 0 N–H and O–H groups in total. The van der Waals surface area contributed by atoms with Crippen LogP contribution in [0.1, 0.15) is 34.7 Å². The second-order valence-electron chi connectivity index (χ2n) is 6.98. The summed E-state index contributed by atoms with van der Waals surface area (Å²) in [7, 11) is 0. The quantitative estimate of drug-likeness (QED) is 0.647. The Morgan fingerprint density at radius 1 is 0.926 bits per heavy atom. The van der Waals surface area contributed by atoms with Crippen LogP contribution in [0.3, 0.4) is 0 Å². The zero-order valence-electron chi connectivity index (χ0n) is 15.1. The zero-order valence-corrected chi connectivity index (χ0v) is 15.1. The van der Waals surface area contributed by atoms with E-state index < -0.39 is 0 Å². The lowest BCUT2D eigenvalue weighted by Gasteiger charge is -2.38. The Kier molecular flexibility index (Phi) is 5.01. The van der Waals surface area contributed by atoms with Crippen LogP contribution in [0.4, 0.5) is 4.39 Å². The fourth-order valence-electron chi connectivity index (χ4n) is 3.88. The maximum atomic E-state index is 13.4. The van der Waals surface area contributed by atoms with Gasteiger partial charge in [-0.3, -0.25) is 4.79 Å². The molecule has 0 unspecified atom stereocenters. The molecule has 0 spiro atoms. The minimum atomic E-state index is -0.259. The molecular formula is C24H22FNO. The normalized spacial score (nSPS) is 16.0. The first-order valence-electron chi connectivity index (χ1n) is 9.39. The molecular weight excluding hydrogens is 337 g/mol. The van der Waals surface area contributed by atoms with Crippen LogP contribution < -0.4 is 0 Å². The molecule has 0 aliphatic carbocycles. The number of rotatable bonds is 4. The molecule has 1 aliphatic rings. The van der Waals surface area contributed by atoms with Gasteiger partial charge in [0, 0.05) is 13.0 Å². The van der Waals surface area contributed by atoms with Gasteiger partial charge in [0.1, 0.15) is 5.82 Å². The number of aryl methyl sites for hydroxylation is 1. The first-order valence-corrected chi connectivity index (χ1v) is 9.39. The van der Waals surface area contributed by atoms with E-state index >= 15 is 0 Å². The molecule has 1 aliphatic heterocycles. The summed E-state index contributed by atoms with van der Waals surface area (Å²) in [5, 5.41) is 0. The molecule has 1 heterocycles. The van der Waals surface area contributed by atoms with Crippen LogP contribution in [-0.2, 0) is 17.6 Å². The van der Waals surface area contributed by atoms with Gasteiger partial charge in [-0.1, -0.05) is 66.7 Å². The lowest BCUT2D eigenvalue weighted by Crippen LogP contribution is -2.40. The molecule has 2 nitrogen and oxygen atoms in total. The summed E-state index contributed by atoms with van der Waals surface area (Å²) in [5.74, 6) is -0.118. The van der Waals surface area contributed by atoms with E-state index in [1.807, 2.05) is 35.2 Å². The number of benzene rings is 3. The molecule has 0 fully saturated rings. The van der Waals surface area contributed by atoms with E-state index in [4.69, 9.17) is 0 Å². The standard InChI is InChI=1S/C24H22FNO/c25-21-13-11-20(12-14-21)24-22-9-5-4-8-19(22)16-17-26(24)23(27)15-10-18-6-2-1-3-7-18/h1-9,11-14,24H,10,15-17H2/t24-/m1/s1. The lowest BCUT2D eigenvalue weighted by atomic mass is 9.88. The summed E-state index contributed by atoms with van der Waals surface area (Å²) in [6, 6.07) is 24.7. The van der Waals surface area contributed by atoms with E-state index in [1.165, 1.54) is 23.3 Å². The molecule has 3 heteroatoms. The van der Waals surface area contributed by atoms with Gasteiger partial charge in [-0.25, -0.2) is 4.39 Å². The molecule has 0 saturated carbocycles. The molecule has 1 atom stereocenters. The number of carbonyl (C=O) groups is 1. The molecule has 1 amide bonds. The highest BCUT2D eigenvalue weighted by Gasteiger charge is 2.31.